The van der Waals surface area contributed by atoms with Crippen molar-refractivity contribution < 1.29 is 0 Å². The van der Waals surface area contributed by atoms with Gasteiger partial charge in [0.25, 0.3) is 0 Å². The van der Waals surface area contributed by atoms with Crippen LogP contribution in [0.1, 0.15) is 16.7 Å². The number of fused-ring (bicyclic) bond motifs is 4. The molecule has 1 aliphatic carbocycles. The molecule has 3 aliphatic rings. The molecule has 2 heteroatoms. The molecule has 36 heavy (non-hydrogen) atoms. The lowest BCUT2D eigenvalue weighted by Gasteiger charge is -2.35. The Morgan fingerprint density at radius 2 is 1.31 bits per heavy atom. The van der Waals surface area contributed by atoms with E-state index in [0.717, 1.165) is 11.4 Å². The van der Waals surface area contributed by atoms with Gasteiger partial charge in [-0.3, -0.25) is 0 Å². The molecule has 7 rings (SSSR count). The number of anilines is 4. The Kier molecular flexibility index (Phi) is 4.96. The highest BCUT2D eigenvalue weighted by atomic mass is 15.2. The topological polar surface area (TPSA) is 15.3 Å². The highest BCUT2D eigenvalue weighted by Gasteiger charge is 2.29. The Bertz CT molecular complexity index is 1570. The van der Waals surface area contributed by atoms with Crippen LogP contribution in [0, 0.1) is 5.92 Å². The van der Waals surface area contributed by atoms with E-state index in [9.17, 15) is 0 Å². The van der Waals surface area contributed by atoms with Crippen LogP contribution in [-0.4, -0.2) is 6.04 Å². The second-order valence-corrected chi connectivity index (χ2v) is 9.52. The summed E-state index contributed by atoms with van der Waals surface area (Å²) in [7, 11) is 0. The van der Waals surface area contributed by atoms with Gasteiger partial charge < -0.3 is 10.2 Å². The second kappa shape index (κ2) is 8.58. The van der Waals surface area contributed by atoms with Crippen molar-refractivity contribution in [2.24, 2.45) is 5.92 Å². The SMILES string of the molecule is C1=CC2C=Cc3ccc(-c4ccc5c(c4)C=Cc4ccccc4N5)cc3N(c3ccccc3)C2C=C1. The summed E-state index contributed by atoms with van der Waals surface area (Å²) >= 11 is 0. The summed E-state index contributed by atoms with van der Waals surface area (Å²) in [6, 6.07) is 33.0. The predicted molar refractivity (Wildman–Crippen MR) is 154 cm³/mol. The molecule has 2 nitrogen and oxygen atoms in total. The number of hydrogen-bond acceptors (Lipinski definition) is 2. The van der Waals surface area contributed by atoms with E-state index < -0.39 is 0 Å². The Morgan fingerprint density at radius 1 is 0.556 bits per heavy atom. The Balaban J connectivity index is 1.33. The van der Waals surface area contributed by atoms with E-state index in [2.05, 4.69) is 150 Å². The van der Waals surface area contributed by atoms with Crippen molar-refractivity contribution in [3.8, 4) is 11.1 Å². The largest absolute Gasteiger partial charge is 0.355 e. The van der Waals surface area contributed by atoms with E-state index in [-0.39, 0.29) is 6.04 Å². The van der Waals surface area contributed by atoms with Gasteiger partial charge in [0.05, 0.1) is 6.04 Å². The quantitative estimate of drug-likeness (QED) is 0.282. The Morgan fingerprint density at radius 3 is 2.25 bits per heavy atom. The third-order valence-corrected chi connectivity index (χ3v) is 7.33. The number of hydrogen-bond donors (Lipinski definition) is 1. The van der Waals surface area contributed by atoms with Gasteiger partial charge in [0.2, 0.25) is 0 Å². The summed E-state index contributed by atoms with van der Waals surface area (Å²) in [5.41, 5.74) is 10.8. The lowest BCUT2D eigenvalue weighted by Crippen LogP contribution is -2.35. The summed E-state index contributed by atoms with van der Waals surface area (Å²) in [6.07, 6.45) is 18.0. The first kappa shape index (κ1) is 20.8. The maximum Gasteiger partial charge on any atom is 0.0623 e. The average molecular weight is 463 g/mol. The van der Waals surface area contributed by atoms with Gasteiger partial charge in [-0.2, -0.15) is 0 Å². The fourth-order valence-electron chi connectivity index (χ4n) is 5.47. The summed E-state index contributed by atoms with van der Waals surface area (Å²) in [4.78, 5) is 2.49. The zero-order valence-corrected chi connectivity index (χ0v) is 19.9. The molecular weight excluding hydrogens is 436 g/mol. The van der Waals surface area contributed by atoms with Crippen molar-refractivity contribution in [1.82, 2.24) is 0 Å². The minimum absolute atomic E-state index is 0.239. The van der Waals surface area contributed by atoms with Gasteiger partial charge >= 0.3 is 0 Å². The van der Waals surface area contributed by atoms with Gasteiger partial charge in [0.15, 0.2) is 0 Å². The van der Waals surface area contributed by atoms with Gasteiger partial charge in [-0.25, -0.2) is 0 Å². The van der Waals surface area contributed by atoms with Crippen molar-refractivity contribution in [2.75, 3.05) is 10.2 Å². The lowest BCUT2D eigenvalue weighted by molar-refractivity contribution is 0.669. The van der Waals surface area contributed by atoms with Crippen LogP contribution < -0.4 is 10.2 Å². The first-order chi connectivity index (χ1) is 17.8. The van der Waals surface area contributed by atoms with Gasteiger partial charge in [-0.1, -0.05) is 103 Å². The van der Waals surface area contributed by atoms with Crippen LogP contribution in [-0.2, 0) is 0 Å². The first-order valence-corrected chi connectivity index (χ1v) is 12.5. The van der Waals surface area contributed by atoms with Crippen LogP contribution >= 0.6 is 0 Å². The standard InChI is InChI=1S/C34H26N2/c1-2-10-30(11-3-1)36-33-13-7-5-9-25(33)15-16-26-17-18-28(23-34(26)36)27-20-21-32-29(22-27)19-14-24-8-4-6-12-31(24)35-32/h1-23,25,33,35H. The van der Waals surface area contributed by atoms with E-state index in [0.29, 0.717) is 5.92 Å². The molecule has 4 aromatic rings. The highest BCUT2D eigenvalue weighted by Crippen LogP contribution is 2.41. The normalized spacial score (nSPS) is 18.8. The number of benzene rings is 4. The summed E-state index contributed by atoms with van der Waals surface area (Å²) in [6.45, 7) is 0. The van der Waals surface area contributed by atoms with Crippen LogP contribution in [0.15, 0.2) is 121 Å². The van der Waals surface area contributed by atoms with Crippen LogP contribution in [0.4, 0.5) is 22.7 Å². The third kappa shape index (κ3) is 3.59. The van der Waals surface area contributed by atoms with Crippen LogP contribution in [0.25, 0.3) is 29.4 Å². The molecule has 2 unspecified atom stereocenters. The number of nitrogens with one attached hydrogen (secondary N) is 1. The van der Waals surface area contributed by atoms with Crippen molar-refractivity contribution in [3.05, 3.63) is 138 Å². The predicted octanol–water partition coefficient (Wildman–Crippen LogP) is 8.86. The zero-order valence-electron chi connectivity index (χ0n) is 19.9. The Labute approximate surface area is 212 Å². The van der Waals surface area contributed by atoms with Crippen LogP contribution in [0.3, 0.4) is 0 Å². The molecule has 0 radical (unpaired) electrons. The van der Waals surface area contributed by atoms with Crippen molar-refractivity contribution >= 4 is 41.0 Å². The Hall–Kier alpha value is -4.56. The second-order valence-electron chi connectivity index (χ2n) is 9.52. The van der Waals surface area contributed by atoms with E-state index in [1.807, 2.05) is 0 Å². The summed E-state index contributed by atoms with van der Waals surface area (Å²) in [5, 5.41) is 3.61. The van der Waals surface area contributed by atoms with Gasteiger partial charge in [0, 0.05) is 28.7 Å². The van der Waals surface area contributed by atoms with Crippen LogP contribution in [0.2, 0.25) is 0 Å². The number of allylic oxidation sites excluding steroid dienone is 2. The minimum atomic E-state index is 0.239. The minimum Gasteiger partial charge on any atom is -0.355 e. The smallest absolute Gasteiger partial charge is 0.0623 e. The average Bonchev–Trinajstić information content (AvgIpc) is 3.22. The molecule has 4 aromatic carbocycles. The molecule has 2 atom stereocenters. The van der Waals surface area contributed by atoms with Crippen molar-refractivity contribution in [3.63, 3.8) is 0 Å². The van der Waals surface area contributed by atoms with E-state index in [1.54, 1.807) is 0 Å². The maximum absolute atomic E-state index is 3.61. The molecular formula is C34H26N2. The van der Waals surface area contributed by atoms with Gasteiger partial charge in [-0.05, 0) is 64.2 Å². The molecule has 0 spiro atoms. The molecule has 2 aliphatic heterocycles. The molecule has 0 amide bonds. The van der Waals surface area contributed by atoms with Crippen LogP contribution in [0.5, 0.6) is 0 Å². The number of rotatable bonds is 2. The van der Waals surface area contributed by atoms with Crippen molar-refractivity contribution in [2.45, 2.75) is 6.04 Å². The molecule has 172 valence electrons. The highest BCUT2D eigenvalue weighted by molar-refractivity contribution is 5.90. The number of para-hydroxylation sites is 2. The summed E-state index contributed by atoms with van der Waals surface area (Å²) < 4.78 is 0. The van der Waals surface area contributed by atoms with E-state index in [1.165, 1.54) is 39.2 Å². The summed E-state index contributed by atoms with van der Waals surface area (Å²) in [5.74, 6) is 0.330. The van der Waals surface area contributed by atoms with E-state index in [4.69, 9.17) is 0 Å². The molecule has 0 fully saturated rings. The molecule has 0 saturated carbocycles. The molecule has 0 saturated heterocycles. The van der Waals surface area contributed by atoms with Crippen molar-refractivity contribution in [1.29, 1.82) is 0 Å². The fraction of sp³-hybridized carbons (Fsp3) is 0.0588. The first-order valence-electron chi connectivity index (χ1n) is 12.5. The fourth-order valence-corrected chi connectivity index (χ4v) is 5.47. The molecule has 0 bridgehead atoms. The monoisotopic (exact) mass is 462 g/mol. The van der Waals surface area contributed by atoms with E-state index >= 15 is 0 Å². The van der Waals surface area contributed by atoms with Gasteiger partial charge in [0.1, 0.15) is 0 Å². The molecule has 2 heterocycles. The lowest BCUT2D eigenvalue weighted by atomic mass is 9.93. The molecule has 1 N–H and O–H groups in total. The maximum atomic E-state index is 3.61. The van der Waals surface area contributed by atoms with Gasteiger partial charge in [-0.15, -0.1) is 0 Å². The molecule has 0 aromatic heterocycles. The number of nitrogens with zero attached hydrogens (tertiary/aromatic N) is 1. The third-order valence-electron chi connectivity index (χ3n) is 7.33. The zero-order chi connectivity index (χ0) is 23.9.